The smallest absolute Gasteiger partial charge is 0.253 e. The fourth-order valence-corrected chi connectivity index (χ4v) is 2.99. The third kappa shape index (κ3) is 5.03. The number of anilines is 1. The van der Waals surface area contributed by atoms with Crippen LogP contribution in [0.3, 0.4) is 0 Å². The van der Waals surface area contributed by atoms with E-state index >= 15 is 0 Å². The monoisotopic (exact) mass is 319 g/mol. The molecule has 2 fully saturated rings. The molecule has 2 heterocycles. The van der Waals surface area contributed by atoms with Gasteiger partial charge in [0.1, 0.15) is 6.10 Å². The first-order valence-corrected chi connectivity index (χ1v) is 8.52. The van der Waals surface area contributed by atoms with Crippen LogP contribution >= 0.6 is 0 Å². The van der Waals surface area contributed by atoms with Crippen molar-refractivity contribution in [3.05, 3.63) is 29.8 Å². The highest BCUT2D eigenvalue weighted by atomic mass is 16.5. The molecular formula is C18H25NO4. The average Bonchev–Trinajstić information content (AvgIpc) is 3.11. The number of carbonyl (C=O) groups is 1. The summed E-state index contributed by atoms with van der Waals surface area (Å²) in [4.78, 5) is 12.1. The predicted molar refractivity (Wildman–Crippen MR) is 87.3 cm³/mol. The van der Waals surface area contributed by atoms with Gasteiger partial charge in [-0.15, -0.1) is 0 Å². The highest BCUT2D eigenvalue weighted by molar-refractivity contribution is 5.94. The molecule has 23 heavy (non-hydrogen) atoms. The molecule has 1 aromatic rings. The molecule has 1 amide bonds. The summed E-state index contributed by atoms with van der Waals surface area (Å²) in [6, 6.07) is 7.78. The topological polar surface area (TPSA) is 56.8 Å². The molecule has 0 aromatic heterocycles. The molecule has 1 N–H and O–H groups in total. The van der Waals surface area contributed by atoms with Gasteiger partial charge >= 0.3 is 0 Å². The Hall–Kier alpha value is -1.43. The van der Waals surface area contributed by atoms with Gasteiger partial charge in [-0.05, 0) is 49.8 Å². The van der Waals surface area contributed by atoms with E-state index in [4.69, 9.17) is 14.2 Å². The van der Waals surface area contributed by atoms with Gasteiger partial charge in [-0.25, -0.2) is 0 Å². The fourth-order valence-electron chi connectivity index (χ4n) is 2.99. The molecule has 5 nitrogen and oxygen atoms in total. The minimum atomic E-state index is -0.307. The Morgan fingerprint density at radius 2 is 2.09 bits per heavy atom. The zero-order valence-corrected chi connectivity index (χ0v) is 13.5. The van der Waals surface area contributed by atoms with Crippen LogP contribution in [0.25, 0.3) is 0 Å². The van der Waals surface area contributed by atoms with Crippen LogP contribution in [0.2, 0.25) is 0 Å². The Morgan fingerprint density at radius 3 is 2.87 bits per heavy atom. The van der Waals surface area contributed by atoms with Crippen molar-refractivity contribution < 1.29 is 19.0 Å². The Labute approximate surface area is 137 Å². The standard InChI is InChI=1S/C18H25NO4/c20-18(17-8-4-10-23-17)19-15-6-3-5-14(11-15)12-21-13-16-7-1-2-9-22-16/h3,5-6,11,16-17H,1-2,4,7-10,12-13H2,(H,19,20). The second kappa shape index (κ2) is 8.43. The zero-order valence-electron chi connectivity index (χ0n) is 13.5. The fraction of sp³-hybridized carbons (Fsp3) is 0.611. The first kappa shape index (κ1) is 16.4. The molecule has 2 aliphatic heterocycles. The van der Waals surface area contributed by atoms with Gasteiger partial charge in [0.2, 0.25) is 0 Å². The van der Waals surface area contributed by atoms with Crippen molar-refractivity contribution in [3.8, 4) is 0 Å². The molecule has 2 aliphatic rings. The summed E-state index contributed by atoms with van der Waals surface area (Å²) in [5.74, 6) is -0.0591. The number of rotatable bonds is 6. The van der Waals surface area contributed by atoms with Crippen LogP contribution < -0.4 is 5.32 Å². The van der Waals surface area contributed by atoms with E-state index < -0.39 is 0 Å². The molecule has 0 radical (unpaired) electrons. The highest BCUT2D eigenvalue weighted by Gasteiger charge is 2.23. The molecule has 1 aromatic carbocycles. The lowest BCUT2D eigenvalue weighted by molar-refractivity contribution is -0.124. The van der Waals surface area contributed by atoms with Crippen LogP contribution in [0.5, 0.6) is 0 Å². The molecule has 2 saturated heterocycles. The van der Waals surface area contributed by atoms with Gasteiger partial charge in [0.15, 0.2) is 0 Å². The molecule has 0 spiro atoms. The maximum absolute atomic E-state index is 12.1. The second-order valence-electron chi connectivity index (χ2n) is 6.19. The van der Waals surface area contributed by atoms with Crippen molar-refractivity contribution >= 4 is 11.6 Å². The van der Waals surface area contributed by atoms with Crippen molar-refractivity contribution in [1.82, 2.24) is 0 Å². The maximum atomic E-state index is 12.1. The number of carbonyl (C=O) groups excluding carboxylic acids is 1. The van der Waals surface area contributed by atoms with Gasteiger partial charge < -0.3 is 19.5 Å². The van der Waals surface area contributed by atoms with Crippen LogP contribution in [0, 0.1) is 0 Å². The third-order valence-corrected chi connectivity index (χ3v) is 4.26. The zero-order chi connectivity index (χ0) is 15.9. The molecular weight excluding hydrogens is 294 g/mol. The van der Waals surface area contributed by atoms with Gasteiger partial charge in [-0.2, -0.15) is 0 Å². The van der Waals surface area contributed by atoms with Gasteiger partial charge in [-0.3, -0.25) is 4.79 Å². The summed E-state index contributed by atoms with van der Waals surface area (Å²) in [7, 11) is 0. The van der Waals surface area contributed by atoms with Crippen LogP contribution in [0.15, 0.2) is 24.3 Å². The second-order valence-corrected chi connectivity index (χ2v) is 6.19. The molecule has 2 unspecified atom stereocenters. The summed E-state index contributed by atoms with van der Waals surface area (Å²) in [5, 5.41) is 2.92. The first-order valence-electron chi connectivity index (χ1n) is 8.52. The van der Waals surface area contributed by atoms with Gasteiger partial charge in [0.05, 0.1) is 19.3 Å². The van der Waals surface area contributed by atoms with E-state index in [9.17, 15) is 4.79 Å². The van der Waals surface area contributed by atoms with Crippen molar-refractivity contribution in [1.29, 1.82) is 0 Å². The predicted octanol–water partition coefficient (Wildman–Crippen LogP) is 2.89. The number of hydrogen-bond acceptors (Lipinski definition) is 4. The van der Waals surface area contributed by atoms with Crippen LogP contribution in [0.4, 0.5) is 5.69 Å². The molecule has 0 aliphatic carbocycles. The highest BCUT2D eigenvalue weighted by Crippen LogP contribution is 2.17. The summed E-state index contributed by atoms with van der Waals surface area (Å²) in [5.41, 5.74) is 1.84. The molecule has 5 heteroatoms. The van der Waals surface area contributed by atoms with E-state index in [2.05, 4.69) is 5.32 Å². The quantitative estimate of drug-likeness (QED) is 0.876. The number of nitrogens with one attached hydrogen (secondary N) is 1. The summed E-state index contributed by atoms with van der Waals surface area (Å²) < 4.78 is 16.8. The minimum Gasteiger partial charge on any atom is -0.376 e. The molecule has 3 rings (SSSR count). The summed E-state index contributed by atoms with van der Waals surface area (Å²) in [6.07, 6.45) is 5.13. The van der Waals surface area contributed by atoms with Gasteiger partial charge in [-0.1, -0.05) is 12.1 Å². The molecule has 2 atom stereocenters. The summed E-state index contributed by atoms with van der Waals surface area (Å²) in [6.45, 7) is 2.68. The molecule has 126 valence electrons. The minimum absolute atomic E-state index is 0.0591. The third-order valence-electron chi connectivity index (χ3n) is 4.26. The largest absolute Gasteiger partial charge is 0.376 e. The number of hydrogen-bond donors (Lipinski definition) is 1. The lowest BCUT2D eigenvalue weighted by atomic mass is 10.1. The van der Waals surface area contributed by atoms with E-state index in [1.165, 1.54) is 6.42 Å². The van der Waals surface area contributed by atoms with Crippen molar-refractivity contribution in [3.63, 3.8) is 0 Å². The summed E-state index contributed by atoms with van der Waals surface area (Å²) >= 11 is 0. The van der Waals surface area contributed by atoms with E-state index in [-0.39, 0.29) is 18.1 Å². The van der Waals surface area contributed by atoms with Crippen molar-refractivity contribution in [2.45, 2.75) is 50.9 Å². The normalized spacial score (nSPS) is 24.5. The lowest BCUT2D eigenvalue weighted by Gasteiger charge is -2.22. The Kier molecular flexibility index (Phi) is 6.02. The van der Waals surface area contributed by atoms with E-state index in [0.29, 0.717) is 19.8 Å². The number of amides is 1. The van der Waals surface area contributed by atoms with E-state index in [1.54, 1.807) is 0 Å². The average molecular weight is 319 g/mol. The maximum Gasteiger partial charge on any atom is 0.253 e. The Morgan fingerprint density at radius 1 is 1.17 bits per heavy atom. The van der Waals surface area contributed by atoms with E-state index in [1.807, 2.05) is 24.3 Å². The number of ether oxygens (including phenoxy) is 3. The number of benzene rings is 1. The van der Waals surface area contributed by atoms with Crippen molar-refractivity contribution in [2.24, 2.45) is 0 Å². The lowest BCUT2D eigenvalue weighted by Crippen LogP contribution is -2.26. The van der Waals surface area contributed by atoms with Gasteiger partial charge in [0, 0.05) is 18.9 Å². The SMILES string of the molecule is O=C(Nc1cccc(COCC2CCCCO2)c1)C1CCCO1. The first-order chi connectivity index (χ1) is 11.3. The molecule has 0 bridgehead atoms. The molecule has 0 saturated carbocycles. The van der Waals surface area contributed by atoms with Crippen molar-refractivity contribution in [2.75, 3.05) is 25.1 Å². The van der Waals surface area contributed by atoms with Gasteiger partial charge in [0.25, 0.3) is 5.91 Å². The van der Waals surface area contributed by atoms with Crippen LogP contribution in [0.1, 0.15) is 37.7 Å². The van der Waals surface area contributed by atoms with Crippen LogP contribution in [-0.4, -0.2) is 37.9 Å². The Bertz CT molecular complexity index is 507. The Balaban J connectivity index is 1.45. The van der Waals surface area contributed by atoms with E-state index in [0.717, 1.165) is 43.5 Å². The van der Waals surface area contributed by atoms with Crippen LogP contribution in [-0.2, 0) is 25.6 Å².